The summed E-state index contributed by atoms with van der Waals surface area (Å²) >= 11 is 0. The Bertz CT molecular complexity index is 181. The molecule has 0 aromatic carbocycles. The zero-order valence-electron chi connectivity index (χ0n) is 7.08. The average molecular weight is 154 g/mol. The molecule has 62 valence electrons. The Labute approximate surface area is 67.0 Å². The maximum atomic E-state index is 11.4. The molecule has 2 fully saturated rings. The van der Waals surface area contributed by atoms with Crippen LogP contribution in [0.2, 0.25) is 0 Å². The van der Waals surface area contributed by atoms with Gasteiger partial charge in [0.15, 0.2) is 0 Å². The Hall–Kier alpha value is -0.730. The fraction of sp³-hybridized carbons (Fsp3) is 0.875. The first kappa shape index (κ1) is 6.95. The molecular formula is C8H14N2O. The molecule has 0 radical (unpaired) electrons. The average Bonchev–Trinajstić information content (AvgIpc) is 2.57. The largest absolute Gasteiger partial charge is 0.331 e. The number of nitrogens with zero attached hydrogens (tertiary/aromatic N) is 2. The van der Waals surface area contributed by atoms with Crippen LogP contribution in [0.3, 0.4) is 0 Å². The van der Waals surface area contributed by atoms with E-state index in [0.717, 1.165) is 24.9 Å². The minimum Gasteiger partial charge on any atom is -0.331 e. The van der Waals surface area contributed by atoms with Crippen molar-refractivity contribution >= 4 is 6.03 Å². The minimum absolute atomic E-state index is 0.178. The summed E-state index contributed by atoms with van der Waals surface area (Å²) in [6.45, 7) is 2.00. The highest BCUT2D eigenvalue weighted by molar-refractivity contribution is 5.74. The number of carbonyl (C=O) groups is 1. The molecule has 1 saturated carbocycles. The van der Waals surface area contributed by atoms with Crippen molar-refractivity contribution < 1.29 is 4.79 Å². The fourth-order valence-corrected chi connectivity index (χ4v) is 1.84. The van der Waals surface area contributed by atoms with Crippen molar-refractivity contribution in [2.24, 2.45) is 11.8 Å². The van der Waals surface area contributed by atoms with Gasteiger partial charge in [-0.15, -0.1) is 0 Å². The second-order valence-electron chi connectivity index (χ2n) is 3.84. The third-order valence-electron chi connectivity index (χ3n) is 2.63. The van der Waals surface area contributed by atoms with Gasteiger partial charge in [0, 0.05) is 27.2 Å². The third kappa shape index (κ3) is 1.08. The zero-order valence-corrected chi connectivity index (χ0v) is 7.08. The summed E-state index contributed by atoms with van der Waals surface area (Å²) in [4.78, 5) is 15.0. The molecule has 1 heterocycles. The highest BCUT2D eigenvalue weighted by Gasteiger charge is 2.46. The van der Waals surface area contributed by atoms with Gasteiger partial charge in [-0.05, 0) is 18.3 Å². The maximum absolute atomic E-state index is 11.4. The zero-order chi connectivity index (χ0) is 8.01. The first-order valence-corrected chi connectivity index (χ1v) is 4.14. The standard InChI is InChI=1S/C8H14N2O/c1-9(2)8(11)10-4-6-3-7(6)5-10/h6-7H,3-5H2,1-2H3. The molecule has 2 amide bonds. The quantitative estimate of drug-likeness (QED) is 0.501. The summed E-state index contributed by atoms with van der Waals surface area (Å²) in [6.07, 6.45) is 1.36. The Kier molecular flexibility index (Phi) is 1.34. The van der Waals surface area contributed by atoms with Crippen molar-refractivity contribution in [2.75, 3.05) is 27.2 Å². The van der Waals surface area contributed by atoms with Crippen molar-refractivity contribution in [2.45, 2.75) is 6.42 Å². The van der Waals surface area contributed by atoms with E-state index >= 15 is 0 Å². The second-order valence-corrected chi connectivity index (χ2v) is 3.84. The summed E-state index contributed by atoms with van der Waals surface area (Å²) in [7, 11) is 3.62. The summed E-state index contributed by atoms with van der Waals surface area (Å²) in [5.74, 6) is 1.69. The number of piperidine rings is 1. The van der Waals surface area contributed by atoms with Gasteiger partial charge >= 0.3 is 6.03 Å². The van der Waals surface area contributed by atoms with E-state index < -0.39 is 0 Å². The molecule has 2 aliphatic rings. The molecular weight excluding hydrogens is 140 g/mol. The van der Waals surface area contributed by atoms with E-state index in [1.54, 1.807) is 4.90 Å². The Morgan fingerprint density at radius 2 is 1.91 bits per heavy atom. The van der Waals surface area contributed by atoms with Gasteiger partial charge in [0.05, 0.1) is 0 Å². The SMILES string of the molecule is CN(C)C(=O)N1CC2CC2C1. The summed E-state index contributed by atoms with van der Waals surface area (Å²) in [5, 5.41) is 0. The van der Waals surface area contributed by atoms with Gasteiger partial charge < -0.3 is 9.80 Å². The lowest BCUT2D eigenvalue weighted by Gasteiger charge is -2.22. The van der Waals surface area contributed by atoms with Crippen molar-refractivity contribution in [1.29, 1.82) is 0 Å². The number of likely N-dealkylation sites (tertiary alicyclic amines) is 1. The predicted molar refractivity (Wildman–Crippen MR) is 42.3 cm³/mol. The Morgan fingerprint density at radius 3 is 2.36 bits per heavy atom. The molecule has 2 unspecified atom stereocenters. The van der Waals surface area contributed by atoms with Crippen LogP contribution in [-0.4, -0.2) is 43.0 Å². The molecule has 0 aromatic rings. The highest BCUT2D eigenvalue weighted by Crippen LogP contribution is 2.44. The van der Waals surface area contributed by atoms with Gasteiger partial charge in [-0.25, -0.2) is 4.79 Å². The first-order chi connectivity index (χ1) is 5.18. The van der Waals surface area contributed by atoms with Gasteiger partial charge in [-0.2, -0.15) is 0 Å². The van der Waals surface area contributed by atoms with Gasteiger partial charge in [0.2, 0.25) is 0 Å². The van der Waals surface area contributed by atoms with Crippen molar-refractivity contribution in [1.82, 2.24) is 9.80 Å². The topological polar surface area (TPSA) is 23.6 Å². The number of urea groups is 1. The van der Waals surface area contributed by atoms with E-state index in [9.17, 15) is 4.79 Å². The van der Waals surface area contributed by atoms with Crippen LogP contribution in [0.4, 0.5) is 4.79 Å². The molecule has 1 aliphatic heterocycles. The first-order valence-electron chi connectivity index (χ1n) is 4.14. The molecule has 3 nitrogen and oxygen atoms in total. The Balaban J connectivity index is 1.92. The van der Waals surface area contributed by atoms with Crippen LogP contribution in [-0.2, 0) is 0 Å². The normalized spacial score (nSPS) is 33.5. The number of hydrogen-bond donors (Lipinski definition) is 0. The van der Waals surface area contributed by atoms with Crippen LogP contribution < -0.4 is 0 Å². The number of fused-ring (bicyclic) bond motifs is 1. The molecule has 0 aromatic heterocycles. The van der Waals surface area contributed by atoms with Gasteiger partial charge in [-0.3, -0.25) is 0 Å². The van der Waals surface area contributed by atoms with Gasteiger partial charge in [0.1, 0.15) is 0 Å². The Morgan fingerprint density at radius 1 is 1.36 bits per heavy atom. The van der Waals surface area contributed by atoms with Crippen LogP contribution >= 0.6 is 0 Å². The molecule has 11 heavy (non-hydrogen) atoms. The van der Waals surface area contributed by atoms with Gasteiger partial charge in [-0.1, -0.05) is 0 Å². The minimum atomic E-state index is 0.178. The summed E-state index contributed by atoms with van der Waals surface area (Å²) in [5.41, 5.74) is 0. The molecule has 3 heteroatoms. The van der Waals surface area contributed by atoms with E-state index in [1.807, 2.05) is 19.0 Å². The van der Waals surface area contributed by atoms with E-state index in [0.29, 0.717) is 0 Å². The van der Waals surface area contributed by atoms with Crippen LogP contribution in [0, 0.1) is 11.8 Å². The lowest BCUT2D eigenvalue weighted by Crippen LogP contribution is -2.38. The molecule has 0 N–H and O–H groups in total. The van der Waals surface area contributed by atoms with Crippen LogP contribution in [0.1, 0.15) is 6.42 Å². The van der Waals surface area contributed by atoms with Crippen molar-refractivity contribution in [3.8, 4) is 0 Å². The molecule has 1 aliphatic carbocycles. The number of hydrogen-bond acceptors (Lipinski definition) is 1. The molecule has 2 atom stereocenters. The van der Waals surface area contributed by atoms with Crippen LogP contribution in [0.5, 0.6) is 0 Å². The van der Waals surface area contributed by atoms with E-state index in [4.69, 9.17) is 0 Å². The lowest BCUT2D eigenvalue weighted by atomic mass is 10.4. The van der Waals surface area contributed by atoms with Crippen molar-refractivity contribution in [3.63, 3.8) is 0 Å². The number of amides is 2. The molecule has 0 bridgehead atoms. The fourth-order valence-electron chi connectivity index (χ4n) is 1.84. The lowest BCUT2D eigenvalue weighted by molar-refractivity contribution is 0.177. The monoisotopic (exact) mass is 154 g/mol. The second kappa shape index (κ2) is 2.13. The van der Waals surface area contributed by atoms with E-state index in [1.165, 1.54) is 6.42 Å². The van der Waals surface area contributed by atoms with E-state index in [-0.39, 0.29) is 6.03 Å². The van der Waals surface area contributed by atoms with Crippen molar-refractivity contribution in [3.05, 3.63) is 0 Å². The molecule has 1 saturated heterocycles. The predicted octanol–water partition coefficient (Wildman–Crippen LogP) is 0.620. The van der Waals surface area contributed by atoms with Crippen LogP contribution in [0.25, 0.3) is 0 Å². The number of carbonyl (C=O) groups excluding carboxylic acids is 1. The summed E-state index contributed by atoms with van der Waals surface area (Å²) < 4.78 is 0. The molecule has 0 spiro atoms. The molecule has 2 rings (SSSR count). The van der Waals surface area contributed by atoms with E-state index in [2.05, 4.69) is 0 Å². The van der Waals surface area contributed by atoms with Crippen LogP contribution in [0.15, 0.2) is 0 Å². The smallest absolute Gasteiger partial charge is 0.319 e. The number of rotatable bonds is 0. The summed E-state index contributed by atoms with van der Waals surface area (Å²) in [6, 6.07) is 0.178. The van der Waals surface area contributed by atoms with Gasteiger partial charge in [0.25, 0.3) is 0 Å². The maximum Gasteiger partial charge on any atom is 0.319 e. The third-order valence-corrected chi connectivity index (χ3v) is 2.63. The highest BCUT2D eigenvalue weighted by atomic mass is 16.2.